The number of benzene rings is 2. The predicted octanol–water partition coefficient (Wildman–Crippen LogP) is 3.44. The molecule has 35 heavy (non-hydrogen) atoms. The first-order chi connectivity index (χ1) is 16.3. The highest BCUT2D eigenvalue weighted by Crippen LogP contribution is 2.36. The van der Waals surface area contributed by atoms with E-state index in [1.54, 1.807) is 45.0 Å². The molecule has 0 bridgehead atoms. The second-order valence-electron chi connectivity index (χ2n) is 9.36. The minimum Gasteiger partial charge on any atom is -0.403 e. The molecule has 0 spiro atoms. The molecule has 1 aromatic heterocycles. The highest BCUT2D eigenvalue weighted by atomic mass is 35.5. The molecule has 2 N–H and O–H groups in total. The largest absolute Gasteiger partial charge is 0.403 e. The molecule has 1 aliphatic rings. The van der Waals surface area contributed by atoms with Gasteiger partial charge in [0, 0.05) is 11.2 Å². The Bertz CT molecular complexity index is 1480. The first-order valence-electron chi connectivity index (χ1n) is 10.7. The summed E-state index contributed by atoms with van der Waals surface area (Å²) in [7, 11) is -4.11. The monoisotopic (exact) mass is 519 g/mol. The summed E-state index contributed by atoms with van der Waals surface area (Å²) in [5.74, 6) is -2.64. The minimum atomic E-state index is -4.11. The average Bonchev–Trinajstić information content (AvgIpc) is 2.82. The van der Waals surface area contributed by atoms with E-state index in [2.05, 4.69) is 4.98 Å². The minimum absolute atomic E-state index is 0.0440. The van der Waals surface area contributed by atoms with E-state index in [0.717, 1.165) is 12.1 Å². The van der Waals surface area contributed by atoms with Crippen molar-refractivity contribution < 1.29 is 22.0 Å². The molecule has 0 aliphatic carbocycles. The van der Waals surface area contributed by atoms with Crippen LogP contribution in [0.2, 0.25) is 5.02 Å². The van der Waals surface area contributed by atoms with Gasteiger partial charge >= 0.3 is 5.63 Å². The number of amides is 1. The van der Waals surface area contributed by atoms with Gasteiger partial charge in [-0.15, -0.1) is 0 Å². The molecule has 184 valence electrons. The van der Waals surface area contributed by atoms with Gasteiger partial charge in [-0.2, -0.15) is 0 Å². The van der Waals surface area contributed by atoms with Gasteiger partial charge < -0.3 is 15.1 Å². The zero-order valence-electron chi connectivity index (χ0n) is 19.2. The third-order valence-electron chi connectivity index (χ3n) is 5.67. The first kappa shape index (κ1) is 25.0. The maximum Gasteiger partial charge on any atom is 0.342 e. The summed E-state index contributed by atoms with van der Waals surface area (Å²) in [6.45, 7) is 5.37. The van der Waals surface area contributed by atoms with Gasteiger partial charge in [-0.25, -0.2) is 22.6 Å². The molecule has 8 nitrogen and oxygen atoms in total. The molecule has 1 aliphatic heterocycles. The number of halogens is 2. The smallest absolute Gasteiger partial charge is 0.342 e. The Morgan fingerprint density at radius 2 is 1.86 bits per heavy atom. The van der Waals surface area contributed by atoms with Gasteiger partial charge in [0.05, 0.1) is 40.0 Å². The topological polar surface area (TPSA) is 124 Å². The average molecular weight is 520 g/mol. The third kappa shape index (κ3) is 4.86. The van der Waals surface area contributed by atoms with Crippen LogP contribution in [-0.2, 0) is 26.6 Å². The number of carbonyl (C=O) groups is 1. The van der Waals surface area contributed by atoms with Gasteiger partial charge in [0.15, 0.2) is 9.84 Å². The van der Waals surface area contributed by atoms with Crippen LogP contribution < -0.4 is 16.3 Å². The number of nitrogens with two attached hydrogens (primary N) is 1. The SMILES string of the molecule is CC(C)(C)c1cnc(-c2cc3c(cc2F)S(=O)(=O)C[C@H](N)C(=O)N3Cc2ccc(Cl)cc2)oc1=O. The summed E-state index contributed by atoms with van der Waals surface area (Å²) < 4.78 is 46.4. The fourth-order valence-electron chi connectivity index (χ4n) is 3.79. The fourth-order valence-corrected chi connectivity index (χ4v) is 5.48. The van der Waals surface area contributed by atoms with Gasteiger partial charge in [-0.1, -0.05) is 44.5 Å². The highest BCUT2D eigenvalue weighted by Gasteiger charge is 2.37. The number of aromatic nitrogens is 1. The van der Waals surface area contributed by atoms with Crippen molar-refractivity contribution in [1.29, 1.82) is 0 Å². The van der Waals surface area contributed by atoms with Crippen LogP contribution in [0.4, 0.5) is 10.1 Å². The van der Waals surface area contributed by atoms with E-state index in [-0.39, 0.29) is 28.6 Å². The quantitative estimate of drug-likeness (QED) is 0.562. The predicted molar refractivity (Wildman–Crippen MR) is 130 cm³/mol. The molecule has 2 aromatic carbocycles. The number of carbonyl (C=O) groups excluding carboxylic acids is 1. The van der Waals surface area contributed by atoms with Crippen molar-refractivity contribution in [2.75, 3.05) is 10.7 Å². The van der Waals surface area contributed by atoms with Crippen molar-refractivity contribution in [1.82, 2.24) is 4.98 Å². The van der Waals surface area contributed by atoms with Gasteiger partial charge in [0.2, 0.25) is 11.8 Å². The Labute approximate surface area is 206 Å². The lowest BCUT2D eigenvalue weighted by atomic mass is 9.89. The first-order valence-corrected chi connectivity index (χ1v) is 12.7. The lowest BCUT2D eigenvalue weighted by molar-refractivity contribution is -0.119. The fraction of sp³-hybridized carbons (Fsp3) is 0.292. The highest BCUT2D eigenvalue weighted by molar-refractivity contribution is 7.91. The second kappa shape index (κ2) is 8.85. The van der Waals surface area contributed by atoms with E-state index in [4.69, 9.17) is 21.8 Å². The summed E-state index contributed by atoms with van der Waals surface area (Å²) in [6.07, 6.45) is 1.30. The summed E-state index contributed by atoms with van der Waals surface area (Å²) in [5, 5.41) is 0.486. The van der Waals surface area contributed by atoms with Gasteiger partial charge in [-0.3, -0.25) is 4.79 Å². The van der Waals surface area contributed by atoms with Crippen LogP contribution in [0.3, 0.4) is 0 Å². The van der Waals surface area contributed by atoms with Gasteiger partial charge in [0.1, 0.15) is 5.82 Å². The number of sulfone groups is 1. The van der Waals surface area contributed by atoms with Crippen LogP contribution in [0, 0.1) is 5.82 Å². The molecule has 0 saturated heterocycles. The Morgan fingerprint density at radius 3 is 2.46 bits per heavy atom. The molecule has 4 rings (SSSR count). The van der Waals surface area contributed by atoms with E-state index in [0.29, 0.717) is 16.1 Å². The molecular weight excluding hydrogens is 497 g/mol. The third-order valence-corrected chi connectivity index (χ3v) is 7.72. The molecule has 11 heteroatoms. The van der Waals surface area contributed by atoms with Crippen LogP contribution >= 0.6 is 11.6 Å². The van der Waals surface area contributed by atoms with Crippen molar-refractivity contribution in [3.05, 3.63) is 75.0 Å². The maximum absolute atomic E-state index is 15.2. The number of fused-ring (bicyclic) bond motifs is 1. The number of rotatable bonds is 3. The number of anilines is 1. The van der Waals surface area contributed by atoms with Crippen molar-refractivity contribution in [2.45, 2.75) is 43.7 Å². The van der Waals surface area contributed by atoms with E-state index in [1.165, 1.54) is 11.1 Å². The van der Waals surface area contributed by atoms with Gasteiger partial charge in [-0.05, 0) is 35.2 Å². The Morgan fingerprint density at radius 1 is 1.20 bits per heavy atom. The van der Waals surface area contributed by atoms with Crippen LogP contribution in [0.5, 0.6) is 0 Å². The second-order valence-corrected chi connectivity index (χ2v) is 11.8. The molecule has 1 atom stereocenters. The Hall–Kier alpha value is -3.08. The van der Waals surface area contributed by atoms with E-state index < -0.39 is 44.4 Å². The zero-order valence-corrected chi connectivity index (χ0v) is 20.8. The summed E-state index contributed by atoms with van der Waals surface area (Å²) in [5.41, 5.74) is 5.26. The molecule has 0 fully saturated rings. The summed E-state index contributed by atoms with van der Waals surface area (Å²) in [4.78, 5) is 30.6. The Kier molecular flexibility index (Phi) is 6.33. The normalized spacial score (nSPS) is 17.7. The molecule has 3 aromatic rings. The van der Waals surface area contributed by atoms with Gasteiger partial charge in [0.25, 0.3) is 0 Å². The molecule has 0 unspecified atom stereocenters. The van der Waals surface area contributed by atoms with E-state index >= 15 is 4.39 Å². The van der Waals surface area contributed by atoms with E-state index in [9.17, 15) is 18.0 Å². The lowest BCUT2D eigenvalue weighted by Gasteiger charge is -2.25. The van der Waals surface area contributed by atoms with Crippen LogP contribution in [0.25, 0.3) is 11.5 Å². The van der Waals surface area contributed by atoms with Crippen LogP contribution in [0.15, 0.2) is 56.7 Å². The summed E-state index contributed by atoms with van der Waals surface area (Å²) in [6, 6.07) is 7.21. The molecule has 0 saturated carbocycles. The number of hydrogen-bond donors (Lipinski definition) is 1. The molecule has 1 amide bonds. The summed E-state index contributed by atoms with van der Waals surface area (Å²) >= 11 is 5.94. The number of hydrogen-bond acceptors (Lipinski definition) is 7. The van der Waals surface area contributed by atoms with Crippen molar-refractivity contribution in [3.63, 3.8) is 0 Å². The standard InChI is InChI=1S/C24H23ClFN3O5S/c1-24(2,3)16-10-28-21(34-23(16)31)15-8-19-20(9-17(15)26)35(32,33)12-18(27)22(30)29(19)11-13-4-6-14(25)7-5-13/h4-10,18H,11-12,27H2,1-3H3/t18-/m0/s1. The Balaban J connectivity index is 1.91. The maximum atomic E-state index is 15.2. The van der Waals surface area contributed by atoms with E-state index in [1.807, 2.05) is 0 Å². The van der Waals surface area contributed by atoms with Crippen molar-refractivity contribution in [3.8, 4) is 11.5 Å². The molecule has 2 heterocycles. The van der Waals surface area contributed by atoms with Crippen LogP contribution in [0.1, 0.15) is 31.9 Å². The number of nitrogens with zero attached hydrogens (tertiary/aromatic N) is 2. The van der Waals surface area contributed by atoms with Crippen LogP contribution in [-0.4, -0.2) is 31.1 Å². The zero-order chi connectivity index (χ0) is 25.7. The molecular formula is C24H23ClFN3O5S. The van der Waals surface area contributed by atoms with Crippen molar-refractivity contribution >= 4 is 33.0 Å². The molecule has 0 radical (unpaired) electrons. The lowest BCUT2D eigenvalue weighted by Crippen LogP contribution is -2.45. The van der Waals surface area contributed by atoms with Crippen molar-refractivity contribution in [2.24, 2.45) is 5.73 Å².